The van der Waals surface area contributed by atoms with E-state index in [0.29, 0.717) is 0 Å². The smallest absolute Gasteiger partial charge is 0.237 e. The predicted molar refractivity (Wildman–Crippen MR) is 92.4 cm³/mol. The zero-order chi connectivity index (χ0) is 15.9. The molecule has 1 unspecified atom stereocenters. The Balaban J connectivity index is 2.35. The van der Waals surface area contributed by atoms with Crippen molar-refractivity contribution in [3.05, 3.63) is 35.4 Å². The van der Waals surface area contributed by atoms with Crippen LogP contribution in [0.1, 0.15) is 44.7 Å². The molecule has 0 fully saturated rings. The second-order valence-electron chi connectivity index (χ2n) is 6.08. The van der Waals surface area contributed by atoms with Crippen LogP contribution in [0.5, 0.6) is 0 Å². The number of hydrogen-bond acceptors (Lipinski definition) is 3. The summed E-state index contributed by atoms with van der Waals surface area (Å²) in [6.07, 6.45) is 1.76. The summed E-state index contributed by atoms with van der Waals surface area (Å²) in [5, 5.41) is 3.29. The van der Waals surface area contributed by atoms with Gasteiger partial charge in [-0.1, -0.05) is 24.3 Å². The molecule has 1 rings (SSSR count). The van der Waals surface area contributed by atoms with E-state index in [-0.39, 0.29) is 11.9 Å². The Morgan fingerprint density at radius 2 is 2.05 bits per heavy atom. The summed E-state index contributed by atoms with van der Waals surface area (Å²) in [5.41, 5.74) is 7.67. The molecule has 0 aliphatic rings. The van der Waals surface area contributed by atoms with Crippen LogP contribution in [-0.4, -0.2) is 23.2 Å². The zero-order valence-electron chi connectivity index (χ0n) is 13.6. The highest BCUT2D eigenvalue weighted by Gasteiger charge is 2.30. The SMILES string of the molecule is Cc1ccccc1CSCCCC(C)(NC(C)C)C(N)=O. The van der Waals surface area contributed by atoms with Gasteiger partial charge in [0.15, 0.2) is 0 Å². The van der Waals surface area contributed by atoms with Gasteiger partial charge in [0.25, 0.3) is 0 Å². The van der Waals surface area contributed by atoms with Crippen molar-refractivity contribution in [3.63, 3.8) is 0 Å². The van der Waals surface area contributed by atoms with Crippen LogP contribution >= 0.6 is 11.8 Å². The van der Waals surface area contributed by atoms with Crippen molar-refractivity contribution in [2.45, 2.75) is 57.9 Å². The van der Waals surface area contributed by atoms with Gasteiger partial charge in [-0.3, -0.25) is 4.79 Å². The molecule has 0 aliphatic heterocycles. The summed E-state index contributed by atoms with van der Waals surface area (Å²) in [6, 6.07) is 8.73. The van der Waals surface area contributed by atoms with Crippen LogP contribution < -0.4 is 11.1 Å². The standard InChI is InChI=1S/C17H28N2OS/c1-13(2)19-17(4,16(18)20)10-7-11-21-12-15-9-6-5-8-14(15)3/h5-6,8-9,13,19H,7,10-12H2,1-4H3,(H2,18,20). The van der Waals surface area contributed by atoms with Crippen LogP contribution in [0.2, 0.25) is 0 Å². The lowest BCUT2D eigenvalue weighted by atomic mass is 9.94. The maximum Gasteiger partial charge on any atom is 0.237 e. The fraction of sp³-hybridized carbons (Fsp3) is 0.588. The van der Waals surface area contributed by atoms with Crippen molar-refractivity contribution in [3.8, 4) is 0 Å². The molecule has 0 heterocycles. The molecule has 1 amide bonds. The van der Waals surface area contributed by atoms with Gasteiger partial charge in [0.1, 0.15) is 0 Å². The molecule has 3 N–H and O–H groups in total. The molecule has 0 bridgehead atoms. The molecule has 1 atom stereocenters. The minimum absolute atomic E-state index is 0.252. The molecule has 0 radical (unpaired) electrons. The van der Waals surface area contributed by atoms with Crippen LogP contribution in [0.4, 0.5) is 0 Å². The number of primary amides is 1. The molecule has 0 aromatic heterocycles. The molecule has 1 aromatic rings. The van der Waals surface area contributed by atoms with Crippen molar-refractivity contribution in [1.29, 1.82) is 0 Å². The van der Waals surface area contributed by atoms with Crippen LogP contribution in [0, 0.1) is 6.92 Å². The Labute approximate surface area is 133 Å². The third-order valence-corrected chi connectivity index (χ3v) is 4.73. The van der Waals surface area contributed by atoms with E-state index in [1.165, 1.54) is 11.1 Å². The lowest BCUT2D eigenvalue weighted by molar-refractivity contribution is -0.124. The minimum atomic E-state index is -0.600. The number of nitrogens with one attached hydrogen (secondary N) is 1. The summed E-state index contributed by atoms with van der Waals surface area (Å²) < 4.78 is 0. The number of rotatable bonds is 9. The lowest BCUT2D eigenvalue weighted by Crippen LogP contribution is -2.55. The van der Waals surface area contributed by atoms with E-state index in [0.717, 1.165) is 24.3 Å². The van der Waals surface area contributed by atoms with Crippen molar-refractivity contribution in [2.24, 2.45) is 5.73 Å². The van der Waals surface area contributed by atoms with Gasteiger partial charge in [-0.2, -0.15) is 11.8 Å². The Morgan fingerprint density at radius 1 is 1.38 bits per heavy atom. The molecule has 1 aromatic carbocycles. The molecule has 0 spiro atoms. The van der Waals surface area contributed by atoms with Crippen LogP contribution in [-0.2, 0) is 10.5 Å². The highest BCUT2D eigenvalue weighted by molar-refractivity contribution is 7.98. The van der Waals surface area contributed by atoms with E-state index < -0.39 is 5.54 Å². The van der Waals surface area contributed by atoms with E-state index in [1.807, 2.05) is 32.5 Å². The first-order chi connectivity index (χ1) is 9.85. The number of aryl methyl sites for hydroxylation is 1. The summed E-state index contributed by atoms with van der Waals surface area (Å²) >= 11 is 1.91. The molecule has 3 nitrogen and oxygen atoms in total. The van der Waals surface area contributed by atoms with Gasteiger partial charge in [-0.25, -0.2) is 0 Å². The quantitative estimate of drug-likeness (QED) is 0.689. The van der Waals surface area contributed by atoms with Crippen molar-refractivity contribution in [2.75, 3.05) is 5.75 Å². The molecule has 0 saturated carbocycles. The Kier molecular flexibility index (Phi) is 7.26. The van der Waals surface area contributed by atoms with E-state index in [2.05, 4.69) is 36.5 Å². The maximum absolute atomic E-state index is 11.6. The fourth-order valence-electron chi connectivity index (χ4n) is 2.39. The second-order valence-corrected chi connectivity index (χ2v) is 7.18. The average Bonchev–Trinajstić information content (AvgIpc) is 2.39. The summed E-state index contributed by atoms with van der Waals surface area (Å²) in [6.45, 7) is 8.12. The number of carbonyl (C=O) groups is 1. The molecule has 118 valence electrons. The third kappa shape index (κ3) is 6.10. The highest BCUT2D eigenvalue weighted by atomic mass is 32.2. The van der Waals surface area contributed by atoms with E-state index >= 15 is 0 Å². The topological polar surface area (TPSA) is 55.1 Å². The van der Waals surface area contributed by atoms with E-state index in [4.69, 9.17) is 5.73 Å². The normalized spacial score (nSPS) is 14.1. The van der Waals surface area contributed by atoms with Gasteiger partial charge in [0.05, 0.1) is 5.54 Å². The molecular weight excluding hydrogens is 280 g/mol. The lowest BCUT2D eigenvalue weighted by Gasteiger charge is -2.29. The van der Waals surface area contributed by atoms with Crippen LogP contribution in [0.3, 0.4) is 0 Å². The number of hydrogen-bond donors (Lipinski definition) is 2. The van der Waals surface area contributed by atoms with Gasteiger partial charge in [-0.15, -0.1) is 0 Å². The molecule has 0 aliphatic carbocycles. The Bertz CT molecular complexity index is 462. The monoisotopic (exact) mass is 308 g/mol. The fourth-order valence-corrected chi connectivity index (χ4v) is 3.42. The van der Waals surface area contributed by atoms with Gasteiger partial charge >= 0.3 is 0 Å². The average molecular weight is 308 g/mol. The molecule has 21 heavy (non-hydrogen) atoms. The van der Waals surface area contributed by atoms with Crippen molar-refractivity contribution < 1.29 is 4.79 Å². The predicted octanol–water partition coefficient (Wildman–Crippen LogP) is 3.25. The summed E-state index contributed by atoms with van der Waals surface area (Å²) in [7, 11) is 0. The van der Waals surface area contributed by atoms with E-state index in [1.54, 1.807) is 0 Å². The van der Waals surface area contributed by atoms with E-state index in [9.17, 15) is 4.79 Å². The molecular formula is C17H28N2OS. The number of carbonyl (C=O) groups excluding carboxylic acids is 1. The molecule has 0 saturated heterocycles. The summed E-state index contributed by atoms with van der Waals surface area (Å²) in [5.74, 6) is 1.80. The third-order valence-electron chi connectivity index (χ3n) is 3.64. The van der Waals surface area contributed by atoms with Gasteiger partial charge < -0.3 is 11.1 Å². The van der Waals surface area contributed by atoms with Gasteiger partial charge in [-0.05, 0) is 57.4 Å². The van der Waals surface area contributed by atoms with Crippen LogP contribution in [0.25, 0.3) is 0 Å². The first kappa shape index (κ1) is 18.1. The number of thioether (sulfide) groups is 1. The number of amides is 1. The summed E-state index contributed by atoms with van der Waals surface area (Å²) in [4.78, 5) is 11.6. The first-order valence-electron chi connectivity index (χ1n) is 7.55. The van der Waals surface area contributed by atoms with Crippen molar-refractivity contribution in [1.82, 2.24) is 5.32 Å². The second kappa shape index (κ2) is 8.44. The number of benzene rings is 1. The van der Waals surface area contributed by atoms with Gasteiger partial charge in [0.2, 0.25) is 5.91 Å². The first-order valence-corrected chi connectivity index (χ1v) is 8.70. The minimum Gasteiger partial charge on any atom is -0.368 e. The van der Waals surface area contributed by atoms with Crippen molar-refractivity contribution >= 4 is 17.7 Å². The maximum atomic E-state index is 11.6. The van der Waals surface area contributed by atoms with Gasteiger partial charge in [0, 0.05) is 11.8 Å². The van der Waals surface area contributed by atoms with Crippen LogP contribution in [0.15, 0.2) is 24.3 Å². The highest BCUT2D eigenvalue weighted by Crippen LogP contribution is 2.20. The number of nitrogens with two attached hydrogens (primary N) is 1. The zero-order valence-corrected chi connectivity index (χ0v) is 14.4. The largest absolute Gasteiger partial charge is 0.368 e. The Morgan fingerprint density at radius 3 is 2.62 bits per heavy atom. The Hall–Kier alpha value is -1.00. The molecule has 4 heteroatoms.